The van der Waals surface area contributed by atoms with Crippen molar-refractivity contribution < 1.29 is 46.4 Å². The van der Waals surface area contributed by atoms with Crippen LogP contribution in [0.1, 0.15) is 51.5 Å². The van der Waals surface area contributed by atoms with Crippen molar-refractivity contribution in [3.63, 3.8) is 0 Å². The summed E-state index contributed by atoms with van der Waals surface area (Å²) in [6, 6.07) is -2.06. The highest BCUT2D eigenvalue weighted by Gasteiger charge is 2.57. The highest BCUT2D eigenvalue weighted by atomic mass is 32.2. The van der Waals surface area contributed by atoms with Gasteiger partial charge in [0.1, 0.15) is 17.7 Å². The summed E-state index contributed by atoms with van der Waals surface area (Å²) in [6.45, 7) is 3.76. The molecule has 1 fully saturated rings. The number of amides is 1. The number of carbonyl (C=O) groups is 1. The number of ether oxygens (including phenoxy) is 1. The summed E-state index contributed by atoms with van der Waals surface area (Å²) in [5.74, 6) is -2.06. The number of hydrogen-bond donors (Lipinski definition) is 1. The molecule has 2 aliphatic heterocycles. The first-order chi connectivity index (χ1) is 17.7. The van der Waals surface area contributed by atoms with Gasteiger partial charge in [-0.3, -0.25) is 9.80 Å². The molecule has 0 aliphatic carbocycles. The van der Waals surface area contributed by atoms with Gasteiger partial charge in [0.2, 0.25) is 0 Å². The summed E-state index contributed by atoms with van der Waals surface area (Å²) in [6.07, 6.45) is -10.2. The average molecular weight is 568 g/mol. The molecule has 0 bridgehead atoms. The van der Waals surface area contributed by atoms with E-state index in [2.05, 4.69) is 5.10 Å². The Morgan fingerprint density at radius 1 is 1.24 bits per heavy atom. The molecular formula is C23H27F5N4O5S. The van der Waals surface area contributed by atoms with E-state index in [-0.39, 0.29) is 24.3 Å². The van der Waals surface area contributed by atoms with E-state index in [1.54, 1.807) is 0 Å². The number of alkyl halides is 3. The smallest absolute Gasteiger partial charge is 0.416 e. The zero-order valence-electron chi connectivity index (χ0n) is 21.8. The molecule has 0 spiro atoms. The second kappa shape index (κ2) is 9.45. The molecule has 1 aromatic carbocycles. The molecule has 2 aliphatic rings. The highest BCUT2D eigenvalue weighted by Crippen LogP contribution is 2.45. The first kappa shape index (κ1) is 26.8. The molecule has 0 unspecified atom stereocenters. The van der Waals surface area contributed by atoms with Crippen molar-refractivity contribution in [2.24, 2.45) is 0 Å². The molecule has 4 atom stereocenters. The van der Waals surface area contributed by atoms with E-state index < -0.39 is 75.7 Å². The summed E-state index contributed by atoms with van der Waals surface area (Å²) in [7, 11) is -3.77. The zero-order valence-corrected chi connectivity index (χ0v) is 21.6. The number of carboxylic acid groups (broad SMARTS) is 1. The molecule has 210 valence electrons. The third kappa shape index (κ3) is 5.36. The molecule has 1 amide bonds. The Bertz CT molecular complexity index is 1370. The van der Waals surface area contributed by atoms with Crippen LogP contribution < -0.4 is 0 Å². The molecule has 1 N–H and O–H groups in total. The maximum Gasteiger partial charge on any atom is 0.416 e. The van der Waals surface area contributed by atoms with Gasteiger partial charge in [-0.2, -0.15) is 22.4 Å². The first-order valence-electron chi connectivity index (χ1n) is 12.0. The first-order valence-corrected chi connectivity index (χ1v) is 13.3. The number of rotatable bonds is 4. The Hall–Kier alpha value is -2.78. The molecule has 9 nitrogen and oxygen atoms in total. The average Bonchev–Trinajstić information content (AvgIpc) is 3.34. The SMILES string of the molecule is [2H][C@@]1(N2Cc3cn(S(C)(=O)=O)nc3C2)C[C@H](N(C(=O)O)C(C)(C)C)[C@@H](c2cc(F)ccc2F)O[C@@H]1C(F)(F)F. The van der Waals surface area contributed by atoms with Crippen LogP contribution in [0.4, 0.5) is 26.7 Å². The van der Waals surface area contributed by atoms with E-state index >= 15 is 0 Å². The normalized spacial score (nSPS) is 27.2. The summed E-state index contributed by atoms with van der Waals surface area (Å²) in [5.41, 5.74) is -1.44. The van der Waals surface area contributed by atoms with E-state index in [0.717, 1.165) is 28.3 Å². The van der Waals surface area contributed by atoms with Gasteiger partial charge in [-0.15, -0.1) is 0 Å². The van der Waals surface area contributed by atoms with Crippen molar-refractivity contribution in [2.75, 3.05) is 6.26 Å². The van der Waals surface area contributed by atoms with Crippen molar-refractivity contribution in [2.45, 2.75) is 76.3 Å². The van der Waals surface area contributed by atoms with Crippen LogP contribution in [-0.4, -0.2) is 74.7 Å². The minimum absolute atomic E-state index is 0.133. The van der Waals surface area contributed by atoms with E-state index in [0.29, 0.717) is 16.2 Å². The van der Waals surface area contributed by atoms with E-state index in [1.807, 2.05) is 0 Å². The third-order valence-corrected chi connectivity index (χ3v) is 7.35. The van der Waals surface area contributed by atoms with Crippen molar-refractivity contribution in [1.82, 2.24) is 19.0 Å². The molecule has 4 rings (SSSR count). The summed E-state index contributed by atoms with van der Waals surface area (Å²) in [5, 5.41) is 14.0. The van der Waals surface area contributed by atoms with Crippen LogP contribution in [0.15, 0.2) is 24.4 Å². The fourth-order valence-corrected chi connectivity index (χ4v) is 5.54. The van der Waals surface area contributed by atoms with E-state index in [1.165, 1.54) is 20.8 Å². The van der Waals surface area contributed by atoms with Gasteiger partial charge in [0.25, 0.3) is 10.0 Å². The van der Waals surface area contributed by atoms with Crippen molar-refractivity contribution >= 4 is 16.1 Å². The lowest BCUT2D eigenvalue weighted by Gasteiger charge is -2.51. The quantitative estimate of drug-likeness (QED) is 0.559. The lowest BCUT2D eigenvalue weighted by molar-refractivity contribution is -0.277. The van der Waals surface area contributed by atoms with Crippen LogP contribution in [0.5, 0.6) is 0 Å². The van der Waals surface area contributed by atoms with Gasteiger partial charge in [-0.05, 0) is 45.4 Å². The molecule has 1 saturated heterocycles. The Morgan fingerprint density at radius 3 is 2.42 bits per heavy atom. The van der Waals surface area contributed by atoms with E-state index in [9.17, 15) is 40.3 Å². The molecule has 0 saturated carbocycles. The largest absolute Gasteiger partial charge is 0.465 e. The predicted molar refractivity (Wildman–Crippen MR) is 124 cm³/mol. The van der Waals surface area contributed by atoms with Gasteiger partial charge in [0.15, 0.2) is 6.10 Å². The van der Waals surface area contributed by atoms with Crippen LogP contribution in [-0.2, 0) is 27.8 Å². The monoisotopic (exact) mass is 567 g/mol. The van der Waals surface area contributed by atoms with Gasteiger partial charge in [-0.1, -0.05) is 0 Å². The van der Waals surface area contributed by atoms with Gasteiger partial charge in [0.05, 0.1) is 18.0 Å². The molecule has 2 aromatic rings. The fourth-order valence-electron chi connectivity index (χ4n) is 4.97. The number of halogens is 5. The Balaban J connectivity index is 1.83. The van der Waals surface area contributed by atoms with Crippen LogP contribution >= 0.6 is 0 Å². The van der Waals surface area contributed by atoms with Crippen LogP contribution in [0.3, 0.4) is 0 Å². The maximum atomic E-state index is 14.9. The minimum Gasteiger partial charge on any atom is -0.465 e. The minimum atomic E-state index is -5.17. The number of fused-ring (bicyclic) bond motifs is 1. The van der Waals surface area contributed by atoms with Gasteiger partial charge >= 0.3 is 12.3 Å². The fraction of sp³-hybridized carbons (Fsp3) is 0.565. The number of nitrogens with zero attached hydrogens (tertiary/aromatic N) is 4. The van der Waals surface area contributed by atoms with Gasteiger partial charge in [0, 0.05) is 43.3 Å². The lowest BCUT2D eigenvalue weighted by Crippen LogP contribution is -2.63. The molecular weight excluding hydrogens is 539 g/mol. The van der Waals surface area contributed by atoms with Crippen LogP contribution in [0.2, 0.25) is 0 Å². The zero-order chi connectivity index (χ0) is 29.3. The summed E-state index contributed by atoms with van der Waals surface area (Å²) < 4.78 is 111. The van der Waals surface area contributed by atoms with Crippen molar-refractivity contribution in [1.29, 1.82) is 0 Å². The van der Waals surface area contributed by atoms with Crippen LogP contribution in [0, 0.1) is 11.6 Å². The highest BCUT2D eigenvalue weighted by molar-refractivity contribution is 7.89. The van der Waals surface area contributed by atoms with Gasteiger partial charge in [-0.25, -0.2) is 22.0 Å². The molecule has 0 radical (unpaired) electrons. The van der Waals surface area contributed by atoms with Crippen LogP contribution in [0.25, 0.3) is 0 Å². The standard InChI is InChI=1S/C23H27F5N4O5S/c1-22(2,3)32(21(33)34)17-8-18(30-9-12-10-31(38(4,35)36)29-16(12)11-30)20(23(26,27)28)37-19(17)14-7-13(24)5-6-15(14)25/h5-7,10,17-20H,8-9,11H2,1-4H3,(H,33,34)/t17-,18+,19+,20-/m0/s1/i18D. The second-order valence-corrected chi connectivity index (χ2v) is 12.2. The number of aromatic nitrogens is 2. The van der Waals surface area contributed by atoms with Crippen molar-refractivity contribution in [3.8, 4) is 0 Å². The molecule has 15 heteroatoms. The number of hydrogen-bond acceptors (Lipinski definition) is 6. The Morgan fingerprint density at radius 2 is 1.89 bits per heavy atom. The van der Waals surface area contributed by atoms with E-state index in [4.69, 9.17) is 6.11 Å². The van der Waals surface area contributed by atoms with Gasteiger partial charge < -0.3 is 9.84 Å². The lowest BCUT2D eigenvalue weighted by atomic mass is 9.85. The summed E-state index contributed by atoms with van der Waals surface area (Å²) in [4.78, 5) is 14.3. The molecule has 3 heterocycles. The topological polar surface area (TPSA) is 105 Å². The predicted octanol–water partition coefficient (Wildman–Crippen LogP) is 3.89. The Labute approximate surface area is 217 Å². The Kier molecular flexibility index (Phi) is 6.67. The maximum absolute atomic E-state index is 14.9. The number of benzene rings is 1. The molecule has 1 aromatic heterocycles. The third-order valence-electron chi connectivity index (χ3n) is 6.48. The molecule has 38 heavy (non-hydrogen) atoms. The summed E-state index contributed by atoms with van der Waals surface area (Å²) >= 11 is 0. The van der Waals surface area contributed by atoms with Crippen molar-refractivity contribution in [3.05, 3.63) is 52.9 Å². The second-order valence-electron chi connectivity index (χ2n) is 10.3.